The summed E-state index contributed by atoms with van der Waals surface area (Å²) < 4.78 is 1.99. The normalized spacial score (nSPS) is 10.7. The molecule has 0 radical (unpaired) electrons. The van der Waals surface area contributed by atoms with E-state index >= 15 is 0 Å². The summed E-state index contributed by atoms with van der Waals surface area (Å²) in [5.74, 6) is 0.907. The fourth-order valence-electron chi connectivity index (χ4n) is 3.37. The van der Waals surface area contributed by atoms with Gasteiger partial charge in [0.25, 0.3) is 0 Å². The fraction of sp³-hybridized carbons (Fsp3) is 0.192. The number of para-hydroxylation sites is 1. The van der Waals surface area contributed by atoms with Crippen molar-refractivity contribution in [1.82, 2.24) is 14.8 Å². The SMILES string of the molecule is Cc1ccc(NCc2nnc(SCC(=O)Nc3ccc(N(C)C)cc3)n2-c2ccccc2)cc1. The zero-order valence-corrected chi connectivity index (χ0v) is 20.3. The van der Waals surface area contributed by atoms with Gasteiger partial charge < -0.3 is 15.5 Å². The quantitative estimate of drug-likeness (QED) is 0.335. The van der Waals surface area contributed by atoms with E-state index in [0.717, 1.165) is 28.6 Å². The third kappa shape index (κ3) is 5.96. The second-order valence-corrected chi connectivity index (χ2v) is 9.01. The van der Waals surface area contributed by atoms with Crippen molar-refractivity contribution in [3.05, 3.63) is 90.3 Å². The van der Waals surface area contributed by atoms with E-state index in [4.69, 9.17) is 0 Å². The molecule has 1 aromatic heterocycles. The van der Waals surface area contributed by atoms with E-state index in [1.54, 1.807) is 0 Å². The molecule has 0 bridgehead atoms. The number of nitrogens with one attached hydrogen (secondary N) is 2. The molecule has 7 nitrogen and oxygen atoms in total. The molecule has 8 heteroatoms. The molecule has 0 saturated heterocycles. The van der Waals surface area contributed by atoms with Gasteiger partial charge in [0.05, 0.1) is 12.3 Å². The van der Waals surface area contributed by atoms with E-state index in [-0.39, 0.29) is 11.7 Å². The number of nitrogens with zero attached hydrogens (tertiary/aromatic N) is 4. The molecular weight excluding hydrogens is 444 g/mol. The van der Waals surface area contributed by atoms with E-state index in [1.807, 2.05) is 90.3 Å². The number of anilines is 3. The number of hydrogen-bond donors (Lipinski definition) is 2. The summed E-state index contributed by atoms with van der Waals surface area (Å²) >= 11 is 1.36. The maximum atomic E-state index is 12.6. The lowest BCUT2D eigenvalue weighted by Crippen LogP contribution is -2.15. The molecule has 0 fully saturated rings. The van der Waals surface area contributed by atoms with Crippen LogP contribution in [0.4, 0.5) is 17.1 Å². The van der Waals surface area contributed by atoms with Gasteiger partial charge in [0.1, 0.15) is 0 Å². The van der Waals surface area contributed by atoms with Crippen molar-refractivity contribution in [3.63, 3.8) is 0 Å². The predicted molar refractivity (Wildman–Crippen MR) is 140 cm³/mol. The first-order valence-corrected chi connectivity index (χ1v) is 12.0. The Morgan fingerprint density at radius 1 is 0.912 bits per heavy atom. The monoisotopic (exact) mass is 472 g/mol. The molecule has 0 aliphatic rings. The van der Waals surface area contributed by atoms with E-state index in [9.17, 15) is 4.79 Å². The van der Waals surface area contributed by atoms with Crippen LogP contribution < -0.4 is 15.5 Å². The number of benzene rings is 3. The first kappa shape index (κ1) is 23.4. The highest BCUT2D eigenvalue weighted by Gasteiger charge is 2.16. The number of amides is 1. The minimum Gasteiger partial charge on any atom is -0.378 e. The summed E-state index contributed by atoms with van der Waals surface area (Å²) in [6.07, 6.45) is 0. The van der Waals surface area contributed by atoms with Gasteiger partial charge >= 0.3 is 0 Å². The highest BCUT2D eigenvalue weighted by Crippen LogP contribution is 2.23. The lowest BCUT2D eigenvalue weighted by molar-refractivity contribution is -0.113. The third-order valence-electron chi connectivity index (χ3n) is 5.22. The molecule has 0 saturated carbocycles. The lowest BCUT2D eigenvalue weighted by atomic mass is 10.2. The summed E-state index contributed by atoms with van der Waals surface area (Å²) in [7, 11) is 3.97. The summed E-state index contributed by atoms with van der Waals surface area (Å²) in [5.41, 5.74) is 5.03. The molecule has 0 unspecified atom stereocenters. The third-order valence-corrected chi connectivity index (χ3v) is 6.15. The zero-order valence-electron chi connectivity index (χ0n) is 19.5. The summed E-state index contributed by atoms with van der Waals surface area (Å²) in [5, 5.41) is 15.8. The van der Waals surface area contributed by atoms with Crippen LogP contribution in [0.25, 0.3) is 5.69 Å². The number of carbonyl (C=O) groups excluding carboxylic acids is 1. The van der Waals surface area contributed by atoms with Gasteiger partial charge in [-0.3, -0.25) is 9.36 Å². The van der Waals surface area contributed by atoms with Crippen molar-refractivity contribution in [2.45, 2.75) is 18.6 Å². The van der Waals surface area contributed by atoms with Crippen molar-refractivity contribution < 1.29 is 4.79 Å². The second kappa shape index (κ2) is 10.9. The zero-order chi connectivity index (χ0) is 23.9. The van der Waals surface area contributed by atoms with Gasteiger partial charge in [0.2, 0.25) is 5.91 Å². The van der Waals surface area contributed by atoms with Gasteiger partial charge in [-0.2, -0.15) is 0 Å². The number of thioether (sulfide) groups is 1. The van der Waals surface area contributed by atoms with Crippen molar-refractivity contribution >= 4 is 34.7 Å². The Balaban J connectivity index is 1.45. The molecule has 0 atom stereocenters. The summed E-state index contributed by atoms with van der Waals surface area (Å²) in [6, 6.07) is 25.9. The molecule has 1 heterocycles. The van der Waals surface area contributed by atoms with Gasteiger partial charge in [0, 0.05) is 36.8 Å². The topological polar surface area (TPSA) is 75.1 Å². The minimum atomic E-state index is -0.0930. The van der Waals surface area contributed by atoms with Crippen LogP contribution in [0.1, 0.15) is 11.4 Å². The first-order valence-electron chi connectivity index (χ1n) is 11.0. The first-order chi connectivity index (χ1) is 16.5. The number of hydrogen-bond acceptors (Lipinski definition) is 6. The molecule has 0 spiro atoms. The van der Waals surface area contributed by atoms with Crippen molar-refractivity contribution in [1.29, 1.82) is 0 Å². The standard InChI is InChI=1S/C26H28N6OS/c1-19-9-11-20(12-10-19)27-17-24-29-30-26(32(24)23-7-5-4-6-8-23)34-18-25(33)28-21-13-15-22(16-14-21)31(2)3/h4-16,27H,17-18H2,1-3H3,(H,28,33). The van der Waals surface area contributed by atoms with Crippen LogP contribution in [-0.2, 0) is 11.3 Å². The maximum absolute atomic E-state index is 12.6. The Morgan fingerprint density at radius 3 is 2.26 bits per heavy atom. The van der Waals surface area contributed by atoms with Gasteiger partial charge in [-0.25, -0.2) is 0 Å². The van der Waals surface area contributed by atoms with Gasteiger partial charge in [0.15, 0.2) is 11.0 Å². The van der Waals surface area contributed by atoms with Crippen molar-refractivity contribution in [2.24, 2.45) is 0 Å². The fourth-order valence-corrected chi connectivity index (χ4v) is 4.14. The Labute approximate surface area is 204 Å². The van der Waals surface area contributed by atoms with Gasteiger partial charge in [-0.15, -0.1) is 10.2 Å². The van der Waals surface area contributed by atoms with E-state index in [1.165, 1.54) is 17.3 Å². The summed E-state index contributed by atoms with van der Waals surface area (Å²) in [4.78, 5) is 14.6. The highest BCUT2D eigenvalue weighted by atomic mass is 32.2. The largest absolute Gasteiger partial charge is 0.378 e. The van der Waals surface area contributed by atoms with E-state index in [2.05, 4.69) is 39.9 Å². The minimum absolute atomic E-state index is 0.0930. The molecule has 4 rings (SSSR count). The van der Waals surface area contributed by atoms with E-state index in [0.29, 0.717) is 11.7 Å². The molecule has 174 valence electrons. The number of rotatable bonds is 9. The molecular formula is C26H28N6OS. The van der Waals surface area contributed by atoms with E-state index < -0.39 is 0 Å². The Bertz CT molecular complexity index is 1220. The molecule has 1 amide bonds. The Morgan fingerprint density at radius 2 is 1.59 bits per heavy atom. The Hall–Kier alpha value is -3.78. The smallest absolute Gasteiger partial charge is 0.234 e. The van der Waals surface area contributed by atoms with Crippen LogP contribution in [0.2, 0.25) is 0 Å². The molecule has 0 aliphatic carbocycles. The molecule has 2 N–H and O–H groups in total. The maximum Gasteiger partial charge on any atom is 0.234 e. The number of aryl methyl sites for hydroxylation is 1. The molecule has 0 aliphatic heterocycles. The van der Waals surface area contributed by atoms with Crippen LogP contribution in [0.3, 0.4) is 0 Å². The van der Waals surface area contributed by atoms with Gasteiger partial charge in [-0.1, -0.05) is 47.7 Å². The van der Waals surface area contributed by atoms with Crippen molar-refractivity contribution in [3.8, 4) is 5.69 Å². The van der Waals surface area contributed by atoms with Crippen LogP contribution in [0, 0.1) is 6.92 Å². The molecule has 4 aromatic rings. The van der Waals surface area contributed by atoms with Gasteiger partial charge in [-0.05, 0) is 55.5 Å². The number of aromatic nitrogens is 3. The summed E-state index contributed by atoms with van der Waals surface area (Å²) in [6.45, 7) is 2.57. The predicted octanol–water partition coefficient (Wildman–Crippen LogP) is 4.98. The average molecular weight is 473 g/mol. The number of carbonyl (C=O) groups is 1. The second-order valence-electron chi connectivity index (χ2n) is 8.07. The average Bonchev–Trinajstić information content (AvgIpc) is 3.26. The molecule has 34 heavy (non-hydrogen) atoms. The molecule has 3 aromatic carbocycles. The Kier molecular flexibility index (Phi) is 7.49. The van der Waals surface area contributed by atoms with Crippen molar-refractivity contribution in [2.75, 3.05) is 35.4 Å². The highest BCUT2D eigenvalue weighted by molar-refractivity contribution is 7.99. The van der Waals surface area contributed by atoms with Crippen LogP contribution in [0.15, 0.2) is 84.0 Å². The lowest BCUT2D eigenvalue weighted by Gasteiger charge is -2.13. The van der Waals surface area contributed by atoms with Crippen LogP contribution >= 0.6 is 11.8 Å². The van der Waals surface area contributed by atoms with Crippen LogP contribution in [0.5, 0.6) is 0 Å². The van der Waals surface area contributed by atoms with Crippen LogP contribution in [-0.4, -0.2) is 40.5 Å².